The van der Waals surface area contributed by atoms with E-state index in [9.17, 15) is 5.11 Å². The second-order valence-corrected chi connectivity index (χ2v) is 6.12. The molecule has 0 fully saturated rings. The van der Waals surface area contributed by atoms with Gasteiger partial charge >= 0.3 is 0 Å². The number of hydrogen-bond acceptors (Lipinski definition) is 6. The maximum Gasteiger partial charge on any atom is 0.191 e. The number of fused-ring (bicyclic) bond motifs is 1. The molecular formula is C12H19N5OS. The summed E-state index contributed by atoms with van der Waals surface area (Å²) in [4.78, 5) is 8.90. The van der Waals surface area contributed by atoms with Crippen LogP contribution in [0.2, 0.25) is 0 Å². The molecule has 2 rings (SSSR count). The first-order chi connectivity index (χ1) is 8.82. The highest BCUT2D eigenvalue weighted by Crippen LogP contribution is 2.27. The van der Waals surface area contributed by atoms with Crippen molar-refractivity contribution in [1.82, 2.24) is 19.7 Å². The number of nitrogens with one attached hydrogen (secondary N) is 1. The number of nitrogens with zero attached hydrogens (tertiary/aromatic N) is 4. The molecule has 19 heavy (non-hydrogen) atoms. The van der Waals surface area contributed by atoms with Crippen LogP contribution in [0.4, 0.5) is 5.82 Å². The second kappa shape index (κ2) is 4.97. The Hall–Kier alpha value is -1.34. The SMILES string of the molecule is CSc1nc(NC(C)O)c2cnn(C(C)(C)C)c2n1. The molecule has 0 radical (unpaired) electrons. The number of aromatic nitrogens is 4. The van der Waals surface area contributed by atoms with Gasteiger partial charge in [0, 0.05) is 0 Å². The smallest absolute Gasteiger partial charge is 0.191 e. The van der Waals surface area contributed by atoms with E-state index < -0.39 is 6.23 Å². The van der Waals surface area contributed by atoms with Gasteiger partial charge in [0.05, 0.1) is 17.1 Å². The van der Waals surface area contributed by atoms with Crippen LogP contribution in [0.25, 0.3) is 11.0 Å². The molecule has 2 heterocycles. The molecule has 0 amide bonds. The summed E-state index contributed by atoms with van der Waals surface area (Å²) in [6.07, 6.45) is 2.98. The quantitative estimate of drug-likeness (QED) is 0.509. The normalized spacial score (nSPS) is 13.8. The zero-order valence-corrected chi connectivity index (χ0v) is 12.6. The minimum atomic E-state index is -0.675. The van der Waals surface area contributed by atoms with E-state index in [1.165, 1.54) is 11.8 Å². The minimum absolute atomic E-state index is 0.159. The Labute approximate surface area is 116 Å². The lowest BCUT2D eigenvalue weighted by Gasteiger charge is -2.20. The highest BCUT2D eigenvalue weighted by Gasteiger charge is 2.21. The van der Waals surface area contributed by atoms with Crippen LogP contribution >= 0.6 is 11.8 Å². The molecule has 0 saturated heterocycles. The summed E-state index contributed by atoms with van der Waals surface area (Å²) in [6, 6.07) is 0. The Morgan fingerprint density at radius 1 is 1.37 bits per heavy atom. The number of hydrogen-bond donors (Lipinski definition) is 2. The average molecular weight is 281 g/mol. The van der Waals surface area contributed by atoms with Crippen molar-refractivity contribution in [2.45, 2.75) is 44.6 Å². The predicted molar refractivity (Wildman–Crippen MR) is 77.4 cm³/mol. The van der Waals surface area contributed by atoms with Gasteiger partial charge in [0.1, 0.15) is 12.0 Å². The Morgan fingerprint density at radius 3 is 2.58 bits per heavy atom. The first kappa shape index (κ1) is 14.1. The van der Waals surface area contributed by atoms with Crippen molar-refractivity contribution < 1.29 is 5.11 Å². The number of thioether (sulfide) groups is 1. The summed E-state index contributed by atoms with van der Waals surface area (Å²) in [7, 11) is 0. The predicted octanol–water partition coefficient (Wildman–Crippen LogP) is 2.05. The summed E-state index contributed by atoms with van der Waals surface area (Å²) < 4.78 is 1.87. The fourth-order valence-corrected chi connectivity index (χ4v) is 2.14. The van der Waals surface area contributed by atoms with Crippen LogP contribution in [0.5, 0.6) is 0 Å². The number of aliphatic hydroxyl groups is 1. The van der Waals surface area contributed by atoms with E-state index in [1.807, 2.05) is 10.9 Å². The third kappa shape index (κ3) is 2.82. The highest BCUT2D eigenvalue weighted by atomic mass is 32.2. The number of aliphatic hydroxyl groups excluding tert-OH is 1. The average Bonchev–Trinajstić information content (AvgIpc) is 2.71. The van der Waals surface area contributed by atoms with Crippen LogP contribution < -0.4 is 5.32 Å². The van der Waals surface area contributed by atoms with E-state index in [0.717, 1.165) is 11.0 Å². The van der Waals surface area contributed by atoms with Gasteiger partial charge in [-0.15, -0.1) is 0 Å². The Bertz CT molecular complexity index is 588. The van der Waals surface area contributed by atoms with Gasteiger partial charge in [0.25, 0.3) is 0 Å². The van der Waals surface area contributed by atoms with Crippen molar-refractivity contribution in [2.24, 2.45) is 0 Å². The molecule has 6 nitrogen and oxygen atoms in total. The molecule has 0 spiro atoms. The topological polar surface area (TPSA) is 75.9 Å². The zero-order valence-electron chi connectivity index (χ0n) is 11.8. The fraction of sp³-hybridized carbons (Fsp3) is 0.583. The number of anilines is 1. The summed E-state index contributed by atoms with van der Waals surface area (Å²) in [6.45, 7) is 7.87. The standard InChI is InChI=1S/C12H19N5OS/c1-7(18)14-9-8-6-13-17(12(2,3)4)10(8)16-11(15-9)19-5/h6-7,18H,1-5H3,(H,14,15,16). The molecular weight excluding hydrogens is 262 g/mol. The second-order valence-electron chi connectivity index (χ2n) is 5.34. The van der Waals surface area contributed by atoms with Crippen molar-refractivity contribution >= 4 is 28.6 Å². The maximum absolute atomic E-state index is 9.49. The summed E-state index contributed by atoms with van der Waals surface area (Å²) >= 11 is 1.46. The van der Waals surface area contributed by atoms with E-state index in [-0.39, 0.29) is 5.54 Å². The first-order valence-corrected chi connectivity index (χ1v) is 7.30. The third-order valence-electron chi connectivity index (χ3n) is 2.57. The third-order valence-corrected chi connectivity index (χ3v) is 3.12. The molecule has 2 aromatic rings. The van der Waals surface area contributed by atoms with Crippen LogP contribution in [-0.2, 0) is 5.54 Å². The summed E-state index contributed by atoms with van der Waals surface area (Å²) in [5.41, 5.74) is 0.614. The molecule has 0 saturated carbocycles. The first-order valence-electron chi connectivity index (χ1n) is 6.08. The Morgan fingerprint density at radius 2 is 2.05 bits per heavy atom. The van der Waals surface area contributed by atoms with E-state index >= 15 is 0 Å². The van der Waals surface area contributed by atoms with Crippen molar-refractivity contribution in [2.75, 3.05) is 11.6 Å². The van der Waals surface area contributed by atoms with Crippen LogP contribution in [0.15, 0.2) is 11.4 Å². The fourth-order valence-electron chi connectivity index (χ4n) is 1.78. The highest BCUT2D eigenvalue weighted by molar-refractivity contribution is 7.98. The van der Waals surface area contributed by atoms with Crippen LogP contribution in [0.3, 0.4) is 0 Å². The van der Waals surface area contributed by atoms with E-state index in [2.05, 4.69) is 41.2 Å². The molecule has 2 N–H and O–H groups in total. The van der Waals surface area contributed by atoms with Gasteiger partial charge in [-0.1, -0.05) is 11.8 Å². The molecule has 2 aromatic heterocycles. The van der Waals surface area contributed by atoms with Crippen molar-refractivity contribution in [1.29, 1.82) is 0 Å². The van der Waals surface area contributed by atoms with Crippen molar-refractivity contribution in [3.63, 3.8) is 0 Å². The van der Waals surface area contributed by atoms with Gasteiger partial charge in [0.15, 0.2) is 10.8 Å². The molecule has 1 unspecified atom stereocenters. The molecule has 7 heteroatoms. The molecule has 0 aromatic carbocycles. The van der Waals surface area contributed by atoms with Gasteiger partial charge < -0.3 is 10.4 Å². The van der Waals surface area contributed by atoms with Crippen LogP contribution in [0.1, 0.15) is 27.7 Å². The van der Waals surface area contributed by atoms with Gasteiger partial charge in [-0.05, 0) is 34.0 Å². The van der Waals surface area contributed by atoms with Crippen LogP contribution in [0, 0.1) is 0 Å². The van der Waals surface area contributed by atoms with Crippen LogP contribution in [-0.4, -0.2) is 37.3 Å². The summed E-state index contributed by atoms with van der Waals surface area (Å²) in [5.74, 6) is 0.611. The Kier molecular flexibility index (Phi) is 3.69. The van der Waals surface area contributed by atoms with Crippen molar-refractivity contribution in [3.05, 3.63) is 6.20 Å². The van der Waals surface area contributed by atoms with Gasteiger partial charge in [-0.2, -0.15) is 5.10 Å². The van der Waals surface area contributed by atoms with E-state index in [1.54, 1.807) is 13.1 Å². The van der Waals surface area contributed by atoms with E-state index in [0.29, 0.717) is 11.0 Å². The lowest BCUT2D eigenvalue weighted by atomic mass is 10.1. The molecule has 0 bridgehead atoms. The lowest BCUT2D eigenvalue weighted by molar-refractivity contribution is 0.224. The van der Waals surface area contributed by atoms with Crippen molar-refractivity contribution in [3.8, 4) is 0 Å². The monoisotopic (exact) mass is 281 g/mol. The molecule has 104 valence electrons. The molecule has 0 aliphatic heterocycles. The summed E-state index contributed by atoms with van der Waals surface area (Å²) in [5, 5.41) is 18.3. The minimum Gasteiger partial charge on any atom is -0.374 e. The van der Waals surface area contributed by atoms with Gasteiger partial charge in [-0.25, -0.2) is 14.6 Å². The largest absolute Gasteiger partial charge is 0.374 e. The Balaban J connectivity index is 2.66. The molecule has 1 atom stereocenters. The molecule has 0 aliphatic carbocycles. The van der Waals surface area contributed by atoms with E-state index in [4.69, 9.17) is 0 Å². The van der Waals surface area contributed by atoms with Gasteiger partial charge in [-0.3, -0.25) is 0 Å². The molecule has 0 aliphatic rings. The lowest BCUT2D eigenvalue weighted by Crippen LogP contribution is -2.23. The maximum atomic E-state index is 9.49. The van der Waals surface area contributed by atoms with Gasteiger partial charge in [0.2, 0.25) is 0 Å². The zero-order chi connectivity index (χ0) is 14.2. The number of rotatable bonds is 3.